The van der Waals surface area contributed by atoms with Crippen LogP contribution in [0.25, 0.3) is 0 Å². The van der Waals surface area contributed by atoms with Crippen LogP contribution in [0.3, 0.4) is 0 Å². The highest BCUT2D eigenvalue weighted by atomic mass is 15.2. The van der Waals surface area contributed by atoms with Crippen LogP contribution >= 0.6 is 0 Å². The van der Waals surface area contributed by atoms with E-state index in [4.69, 9.17) is 11.7 Å². The van der Waals surface area contributed by atoms with Crippen molar-refractivity contribution in [3.8, 4) is 0 Å². The zero-order valence-corrected chi connectivity index (χ0v) is 6.17. The molecule has 0 aromatic heterocycles. The van der Waals surface area contributed by atoms with Crippen LogP contribution < -0.4 is 22.5 Å². The van der Waals surface area contributed by atoms with Gasteiger partial charge in [-0.05, 0) is 17.7 Å². The molecule has 0 amide bonds. The SMILES string of the molecule is NNCc1cccc(NN)c1. The largest absolute Gasteiger partial charge is 0.324 e. The molecule has 0 unspecified atom stereocenters. The van der Waals surface area contributed by atoms with Crippen molar-refractivity contribution in [1.29, 1.82) is 0 Å². The lowest BCUT2D eigenvalue weighted by atomic mass is 10.2. The molecule has 1 aromatic carbocycles. The van der Waals surface area contributed by atoms with Crippen molar-refractivity contribution in [3.63, 3.8) is 0 Å². The topological polar surface area (TPSA) is 76.1 Å². The van der Waals surface area contributed by atoms with E-state index in [2.05, 4.69) is 10.9 Å². The van der Waals surface area contributed by atoms with E-state index < -0.39 is 0 Å². The molecule has 0 saturated heterocycles. The number of hydrogen-bond acceptors (Lipinski definition) is 4. The summed E-state index contributed by atoms with van der Waals surface area (Å²) in [5.41, 5.74) is 7.11. The molecule has 0 fully saturated rings. The third-order valence-electron chi connectivity index (χ3n) is 1.40. The van der Waals surface area contributed by atoms with Crippen molar-refractivity contribution >= 4 is 5.69 Å². The van der Waals surface area contributed by atoms with Crippen LogP contribution in [-0.4, -0.2) is 0 Å². The quantitative estimate of drug-likeness (QED) is 0.361. The van der Waals surface area contributed by atoms with Crippen molar-refractivity contribution in [2.24, 2.45) is 11.7 Å². The van der Waals surface area contributed by atoms with Crippen LogP contribution in [0.4, 0.5) is 5.69 Å². The molecule has 0 heterocycles. The van der Waals surface area contributed by atoms with E-state index in [1.165, 1.54) is 0 Å². The minimum absolute atomic E-state index is 0.648. The first-order valence-electron chi connectivity index (χ1n) is 3.36. The summed E-state index contributed by atoms with van der Waals surface area (Å²) in [6.07, 6.45) is 0. The number of benzene rings is 1. The van der Waals surface area contributed by atoms with E-state index in [0.717, 1.165) is 11.3 Å². The smallest absolute Gasteiger partial charge is 0.0488 e. The van der Waals surface area contributed by atoms with E-state index in [1.807, 2.05) is 24.3 Å². The molecule has 0 aliphatic rings. The molecular formula is C7H12N4. The Morgan fingerprint density at radius 1 is 1.27 bits per heavy atom. The zero-order chi connectivity index (χ0) is 8.10. The maximum atomic E-state index is 5.21. The van der Waals surface area contributed by atoms with Gasteiger partial charge in [0, 0.05) is 12.2 Å². The maximum Gasteiger partial charge on any atom is 0.0488 e. The Bertz CT molecular complexity index is 223. The molecule has 0 radical (unpaired) electrons. The Hall–Kier alpha value is -1.10. The Labute approximate surface area is 65.5 Å². The monoisotopic (exact) mass is 152 g/mol. The van der Waals surface area contributed by atoms with Gasteiger partial charge in [-0.2, -0.15) is 0 Å². The molecule has 0 aliphatic heterocycles. The lowest BCUT2D eigenvalue weighted by Crippen LogP contribution is -2.20. The Morgan fingerprint density at radius 3 is 2.73 bits per heavy atom. The van der Waals surface area contributed by atoms with E-state index in [1.54, 1.807) is 0 Å². The highest BCUT2D eigenvalue weighted by Crippen LogP contribution is 2.07. The summed E-state index contributed by atoms with van der Waals surface area (Å²) in [6.45, 7) is 0.648. The maximum absolute atomic E-state index is 5.21. The molecular weight excluding hydrogens is 140 g/mol. The van der Waals surface area contributed by atoms with Crippen molar-refractivity contribution in [2.75, 3.05) is 5.43 Å². The molecule has 60 valence electrons. The van der Waals surface area contributed by atoms with Gasteiger partial charge in [-0.15, -0.1) is 0 Å². The fourth-order valence-electron chi connectivity index (χ4n) is 0.889. The molecule has 0 bridgehead atoms. The van der Waals surface area contributed by atoms with Gasteiger partial charge < -0.3 is 5.43 Å². The number of nitrogens with two attached hydrogens (primary N) is 2. The van der Waals surface area contributed by atoms with Gasteiger partial charge in [-0.1, -0.05) is 12.1 Å². The predicted octanol–water partition coefficient (Wildman–Crippen LogP) is -0.0645. The Kier molecular flexibility index (Phi) is 2.85. The molecule has 0 atom stereocenters. The van der Waals surface area contributed by atoms with Crippen molar-refractivity contribution < 1.29 is 0 Å². The fourth-order valence-corrected chi connectivity index (χ4v) is 0.889. The third kappa shape index (κ3) is 2.19. The standard InChI is InChI=1S/C7H12N4/c8-10-5-6-2-1-3-7(4-6)11-9/h1-4,10-11H,5,8-9H2. The summed E-state index contributed by atoms with van der Waals surface area (Å²) in [4.78, 5) is 0. The van der Waals surface area contributed by atoms with Crippen LogP contribution in [0.5, 0.6) is 0 Å². The molecule has 4 nitrogen and oxygen atoms in total. The number of nitrogen functional groups attached to an aromatic ring is 1. The normalized spacial score (nSPS) is 9.64. The number of anilines is 1. The molecule has 0 saturated carbocycles. The van der Waals surface area contributed by atoms with Crippen LogP contribution in [0.2, 0.25) is 0 Å². The van der Waals surface area contributed by atoms with Crippen molar-refractivity contribution in [2.45, 2.75) is 6.54 Å². The van der Waals surface area contributed by atoms with Gasteiger partial charge in [0.15, 0.2) is 0 Å². The summed E-state index contributed by atoms with van der Waals surface area (Å²) in [5, 5.41) is 0. The average Bonchev–Trinajstić information content (AvgIpc) is 2.06. The van der Waals surface area contributed by atoms with E-state index >= 15 is 0 Å². The van der Waals surface area contributed by atoms with Gasteiger partial charge >= 0.3 is 0 Å². The van der Waals surface area contributed by atoms with Gasteiger partial charge in [-0.25, -0.2) is 0 Å². The first kappa shape index (κ1) is 8.00. The van der Waals surface area contributed by atoms with Crippen LogP contribution in [0.15, 0.2) is 24.3 Å². The summed E-state index contributed by atoms with van der Waals surface area (Å²) >= 11 is 0. The van der Waals surface area contributed by atoms with E-state index in [0.29, 0.717) is 6.54 Å². The lowest BCUT2D eigenvalue weighted by molar-refractivity contribution is 0.741. The van der Waals surface area contributed by atoms with Crippen molar-refractivity contribution in [3.05, 3.63) is 29.8 Å². The van der Waals surface area contributed by atoms with Gasteiger partial charge in [0.05, 0.1) is 0 Å². The highest BCUT2D eigenvalue weighted by molar-refractivity contribution is 5.44. The predicted molar refractivity (Wildman–Crippen MR) is 45.3 cm³/mol. The number of hydrogen-bond donors (Lipinski definition) is 4. The zero-order valence-electron chi connectivity index (χ0n) is 6.17. The average molecular weight is 152 g/mol. The number of nitrogens with one attached hydrogen (secondary N) is 2. The molecule has 4 heteroatoms. The second-order valence-electron chi connectivity index (χ2n) is 2.23. The molecule has 11 heavy (non-hydrogen) atoms. The lowest BCUT2D eigenvalue weighted by Gasteiger charge is -2.02. The number of hydrazine groups is 2. The first-order chi connectivity index (χ1) is 5.36. The molecule has 0 aliphatic carbocycles. The first-order valence-corrected chi connectivity index (χ1v) is 3.36. The number of rotatable bonds is 3. The summed E-state index contributed by atoms with van der Waals surface area (Å²) in [6, 6.07) is 7.71. The van der Waals surface area contributed by atoms with Gasteiger partial charge in [0.1, 0.15) is 0 Å². The highest BCUT2D eigenvalue weighted by Gasteiger charge is 1.91. The third-order valence-corrected chi connectivity index (χ3v) is 1.40. The van der Waals surface area contributed by atoms with E-state index in [9.17, 15) is 0 Å². The van der Waals surface area contributed by atoms with Gasteiger partial charge in [-0.3, -0.25) is 17.1 Å². The summed E-state index contributed by atoms with van der Waals surface area (Å²) in [7, 11) is 0. The Morgan fingerprint density at radius 2 is 2.09 bits per heavy atom. The van der Waals surface area contributed by atoms with Gasteiger partial charge in [0.25, 0.3) is 0 Å². The minimum atomic E-state index is 0.648. The molecule has 0 spiro atoms. The van der Waals surface area contributed by atoms with Crippen LogP contribution in [0.1, 0.15) is 5.56 Å². The van der Waals surface area contributed by atoms with Crippen LogP contribution in [-0.2, 0) is 6.54 Å². The van der Waals surface area contributed by atoms with Gasteiger partial charge in [0.2, 0.25) is 0 Å². The van der Waals surface area contributed by atoms with E-state index in [-0.39, 0.29) is 0 Å². The minimum Gasteiger partial charge on any atom is -0.324 e. The molecule has 6 N–H and O–H groups in total. The second kappa shape index (κ2) is 3.92. The second-order valence-corrected chi connectivity index (χ2v) is 2.23. The molecule has 1 aromatic rings. The summed E-state index contributed by atoms with van der Waals surface area (Å²) in [5.74, 6) is 10.4. The fraction of sp³-hybridized carbons (Fsp3) is 0.143. The summed E-state index contributed by atoms with van der Waals surface area (Å²) < 4.78 is 0. The Balaban J connectivity index is 2.74. The van der Waals surface area contributed by atoms with Crippen LogP contribution in [0, 0.1) is 0 Å². The molecule has 1 rings (SSSR count). The van der Waals surface area contributed by atoms with Crippen molar-refractivity contribution in [1.82, 2.24) is 5.43 Å².